The van der Waals surface area contributed by atoms with E-state index in [4.69, 9.17) is 4.74 Å². The first-order chi connectivity index (χ1) is 15.5. The van der Waals surface area contributed by atoms with Gasteiger partial charge in [-0.25, -0.2) is 0 Å². The van der Waals surface area contributed by atoms with Crippen molar-refractivity contribution in [2.24, 2.45) is 0 Å². The van der Waals surface area contributed by atoms with Gasteiger partial charge in [0, 0.05) is 13.1 Å². The maximum absolute atomic E-state index is 6.03. The third kappa shape index (κ3) is 8.03. The molecule has 3 aromatic carbocycles. The summed E-state index contributed by atoms with van der Waals surface area (Å²) in [4.78, 5) is 2.15. The molecular formula is C28H37N3O. The van der Waals surface area contributed by atoms with Crippen LogP contribution in [-0.2, 0) is 17.7 Å². The van der Waals surface area contributed by atoms with E-state index in [0.29, 0.717) is 6.61 Å². The van der Waals surface area contributed by atoms with E-state index in [1.54, 1.807) is 0 Å². The monoisotopic (exact) mass is 431 g/mol. The highest BCUT2D eigenvalue weighted by atomic mass is 16.5. The van der Waals surface area contributed by atoms with Crippen LogP contribution in [0.5, 0.6) is 0 Å². The number of aryl methyl sites for hydroxylation is 2. The number of rotatable bonds is 12. The molecular weight excluding hydrogens is 394 g/mol. The van der Waals surface area contributed by atoms with Gasteiger partial charge in [-0.15, -0.1) is 0 Å². The third-order valence-corrected chi connectivity index (χ3v) is 5.49. The highest BCUT2D eigenvalue weighted by Crippen LogP contribution is 2.24. The number of hydrogen-bond acceptors (Lipinski definition) is 4. The van der Waals surface area contributed by atoms with E-state index in [1.807, 2.05) is 0 Å². The molecule has 4 heteroatoms. The van der Waals surface area contributed by atoms with Crippen molar-refractivity contribution in [3.8, 4) is 0 Å². The number of nitrogens with zero attached hydrogens (tertiary/aromatic N) is 1. The number of ether oxygens (including phenoxy) is 1. The van der Waals surface area contributed by atoms with Crippen molar-refractivity contribution >= 4 is 11.4 Å². The van der Waals surface area contributed by atoms with Crippen molar-refractivity contribution in [2.75, 3.05) is 44.5 Å². The van der Waals surface area contributed by atoms with Crippen LogP contribution in [0.2, 0.25) is 0 Å². The second kappa shape index (κ2) is 12.3. The summed E-state index contributed by atoms with van der Waals surface area (Å²) in [5.41, 5.74) is 7.36. The molecule has 0 amide bonds. The fourth-order valence-corrected chi connectivity index (χ4v) is 3.52. The van der Waals surface area contributed by atoms with Gasteiger partial charge in [-0.1, -0.05) is 71.8 Å². The molecule has 0 saturated carbocycles. The average Bonchev–Trinajstić information content (AvgIpc) is 2.78. The Hall–Kier alpha value is -2.82. The van der Waals surface area contributed by atoms with Crippen LogP contribution in [-0.4, -0.2) is 44.8 Å². The molecule has 0 heterocycles. The molecule has 0 saturated heterocycles. The van der Waals surface area contributed by atoms with Crippen molar-refractivity contribution in [3.05, 3.63) is 95.1 Å². The molecule has 170 valence electrons. The van der Waals surface area contributed by atoms with Crippen LogP contribution in [0.1, 0.15) is 22.3 Å². The van der Waals surface area contributed by atoms with Crippen molar-refractivity contribution in [2.45, 2.75) is 32.9 Å². The lowest BCUT2D eigenvalue weighted by Crippen LogP contribution is -2.30. The van der Waals surface area contributed by atoms with Crippen LogP contribution in [0.15, 0.2) is 72.8 Å². The topological polar surface area (TPSA) is 36.5 Å². The van der Waals surface area contributed by atoms with Crippen molar-refractivity contribution in [1.82, 2.24) is 4.90 Å². The van der Waals surface area contributed by atoms with Gasteiger partial charge in [0.15, 0.2) is 0 Å². The Morgan fingerprint density at radius 3 is 2.00 bits per heavy atom. The minimum atomic E-state index is 0.183. The van der Waals surface area contributed by atoms with Gasteiger partial charge in [-0.3, -0.25) is 0 Å². The second-order valence-electron chi connectivity index (χ2n) is 8.79. The summed E-state index contributed by atoms with van der Waals surface area (Å²) in [6.45, 7) is 7.35. The molecule has 0 bridgehead atoms. The summed E-state index contributed by atoms with van der Waals surface area (Å²) in [5, 5.41) is 7.34. The van der Waals surface area contributed by atoms with Gasteiger partial charge in [0.2, 0.25) is 0 Å². The Morgan fingerprint density at radius 1 is 0.781 bits per heavy atom. The van der Waals surface area contributed by atoms with Crippen LogP contribution >= 0.6 is 0 Å². The fraction of sp³-hybridized carbons (Fsp3) is 0.357. The Balaban J connectivity index is 1.67. The van der Waals surface area contributed by atoms with Crippen LogP contribution in [0.25, 0.3) is 0 Å². The Kier molecular flexibility index (Phi) is 9.14. The zero-order valence-electron chi connectivity index (χ0n) is 19.9. The Morgan fingerprint density at radius 2 is 1.38 bits per heavy atom. The lowest BCUT2D eigenvalue weighted by atomic mass is 10.0. The maximum atomic E-state index is 6.03. The van der Waals surface area contributed by atoms with Gasteiger partial charge in [-0.2, -0.15) is 0 Å². The van der Waals surface area contributed by atoms with Crippen molar-refractivity contribution < 1.29 is 4.74 Å². The van der Waals surface area contributed by atoms with Gasteiger partial charge < -0.3 is 20.3 Å². The molecule has 4 nitrogen and oxygen atoms in total. The van der Waals surface area contributed by atoms with Gasteiger partial charge in [0.25, 0.3) is 0 Å². The second-order valence-corrected chi connectivity index (χ2v) is 8.79. The van der Waals surface area contributed by atoms with Crippen LogP contribution < -0.4 is 10.6 Å². The number of anilines is 2. The molecule has 2 N–H and O–H groups in total. The van der Waals surface area contributed by atoms with Crippen molar-refractivity contribution in [1.29, 1.82) is 0 Å². The van der Waals surface area contributed by atoms with E-state index in [9.17, 15) is 0 Å². The summed E-state index contributed by atoms with van der Waals surface area (Å²) < 4.78 is 6.03. The highest BCUT2D eigenvalue weighted by Gasteiger charge is 2.13. The predicted molar refractivity (Wildman–Crippen MR) is 137 cm³/mol. The number of likely N-dealkylation sites (N-methyl/N-ethyl adjacent to an activating group) is 1. The molecule has 3 rings (SSSR count). The summed E-state index contributed by atoms with van der Waals surface area (Å²) in [6, 6.07) is 26.1. The summed E-state index contributed by atoms with van der Waals surface area (Å²) >= 11 is 0. The van der Waals surface area contributed by atoms with E-state index in [-0.39, 0.29) is 6.04 Å². The minimum Gasteiger partial charge on any atom is -0.379 e. The van der Waals surface area contributed by atoms with E-state index < -0.39 is 0 Å². The molecule has 0 aromatic heterocycles. The first-order valence-corrected chi connectivity index (χ1v) is 11.4. The number of benzene rings is 3. The van der Waals surface area contributed by atoms with Gasteiger partial charge in [0.1, 0.15) is 0 Å². The van der Waals surface area contributed by atoms with Gasteiger partial charge >= 0.3 is 0 Å². The SMILES string of the molecule is Cc1ccc(CNc2ccccc2NC(COCCN(C)C)Cc2ccc(C)cc2)cc1. The molecule has 32 heavy (non-hydrogen) atoms. The van der Waals surface area contributed by atoms with E-state index >= 15 is 0 Å². The van der Waals surface area contributed by atoms with E-state index in [2.05, 4.69) is 116 Å². The molecule has 0 aliphatic carbocycles. The van der Waals surface area contributed by atoms with Crippen molar-refractivity contribution in [3.63, 3.8) is 0 Å². The first-order valence-electron chi connectivity index (χ1n) is 11.4. The molecule has 0 aliphatic heterocycles. The van der Waals surface area contributed by atoms with Gasteiger partial charge in [-0.05, 0) is 57.6 Å². The van der Waals surface area contributed by atoms with E-state index in [0.717, 1.165) is 37.5 Å². The summed E-state index contributed by atoms with van der Waals surface area (Å²) in [6.07, 6.45) is 0.911. The average molecular weight is 432 g/mol. The highest BCUT2D eigenvalue weighted by molar-refractivity contribution is 5.69. The molecule has 3 aromatic rings. The fourth-order valence-electron chi connectivity index (χ4n) is 3.52. The normalized spacial score (nSPS) is 12.0. The summed E-state index contributed by atoms with van der Waals surface area (Å²) in [5.74, 6) is 0. The van der Waals surface area contributed by atoms with Crippen LogP contribution in [0.3, 0.4) is 0 Å². The molecule has 0 aliphatic rings. The zero-order valence-corrected chi connectivity index (χ0v) is 19.9. The standard InChI is InChI=1S/C28H37N3O/c1-22-9-13-24(14-10-22)19-26(21-32-18-17-31(3)4)30-28-8-6-5-7-27(28)29-20-25-15-11-23(2)12-16-25/h5-16,26,29-30H,17-21H2,1-4H3. The molecule has 0 radical (unpaired) electrons. The number of para-hydroxylation sites is 2. The van der Waals surface area contributed by atoms with E-state index in [1.165, 1.54) is 22.3 Å². The molecule has 0 spiro atoms. The largest absolute Gasteiger partial charge is 0.379 e. The molecule has 1 atom stereocenters. The molecule has 1 unspecified atom stereocenters. The first kappa shape index (κ1) is 23.8. The predicted octanol–water partition coefficient (Wildman–Crippen LogP) is 5.52. The summed E-state index contributed by atoms with van der Waals surface area (Å²) in [7, 11) is 4.14. The number of nitrogens with one attached hydrogen (secondary N) is 2. The van der Waals surface area contributed by atoms with Crippen LogP contribution in [0.4, 0.5) is 11.4 Å². The zero-order chi connectivity index (χ0) is 22.8. The quantitative estimate of drug-likeness (QED) is 0.370. The lowest BCUT2D eigenvalue weighted by molar-refractivity contribution is 0.110. The maximum Gasteiger partial charge on any atom is 0.0671 e. The minimum absolute atomic E-state index is 0.183. The Bertz CT molecular complexity index is 936. The molecule has 0 fully saturated rings. The van der Waals surface area contributed by atoms with Crippen LogP contribution in [0, 0.1) is 13.8 Å². The van der Waals surface area contributed by atoms with Gasteiger partial charge in [0.05, 0.1) is 30.6 Å². The number of hydrogen-bond donors (Lipinski definition) is 2. The third-order valence-electron chi connectivity index (χ3n) is 5.49. The Labute approximate surface area is 193 Å². The smallest absolute Gasteiger partial charge is 0.0671 e. The lowest BCUT2D eigenvalue weighted by Gasteiger charge is -2.23.